The lowest BCUT2D eigenvalue weighted by atomic mass is 9.69. The van der Waals surface area contributed by atoms with E-state index in [2.05, 4.69) is 50.8 Å². The Balaban J connectivity index is 2.51. The Bertz CT molecular complexity index is 1210. The van der Waals surface area contributed by atoms with E-state index in [9.17, 15) is 14.7 Å². The molecule has 5 heteroatoms. The third-order valence-corrected chi connectivity index (χ3v) is 7.87. The summed E-state index contributed by atoms with van der Waals surface area (Å²) < 4.78 is 0. The number of likely N-dealkylation sites (N-methyl/N-ethyl adjacent to an activating group) is 1. The number of carbonyl (C=O) groups excluding carboxylic acids is 1. The van der Waals surface area contributed by atoms with E-state index in [4.69, 9.17) is 5.11 Å². The van der Waals surface area contributed by atoms with Crippen LogP contribution in [0.4, 0.5) is 0 Å². The lowest BCUT2D eigenvalue weighted by Crippen LogP contribution is -2.40. The molecule has 0 aliphatic heterocycles. The average Bonchev–Trinajstić information content (AvgIpc) is 2.83. The molecule has 1 atom stereocenters. The zero-order valence-corrected chi connectivity index (χ0v) is 24.0. The van der Waals surface area contributed by atoms with Gasteiger partial charge in [-0.1, -0.05) is 77.6 Å². The van der Waals surface area contributed by atoms with Crippen LogP contribution in [0.3, 0.4) is 0 Å². The molecular weight excluding hydrogens is 462 g/mol. The predicted octanol–water partition coefficient (Wildman–Crippen LogP) is 6.10. The van der Waals surface area contributed by atoms with Crippen LogP contribution in [0.15, 0.2) is 36.4 Å². The number of aliphatic hydroxyl groups is 1. The molecule has 0 saturated carbocycles. The van der Waals surface area contributed by atoms with Gasteiger partial charge < -0.3 is 15.1 Å². The topological polar surface area (TPSA) is 77.8 Å². The van der Waals surface area contributed by atoms with Gasteiger partial charge in [0.05, 0.1) is 0 Å². The Kier molecular flexibility index (Phi) is 9.38. The molecule has 200 valence electrons. The molecule has 0 aliphatic rings. The number of amides is 1. The molecule has 0 aliphatic carbocycles. The molecular formula is C32H43NO4. The monoisotopic (exact) mass is 505 g/mol. The van der Waals surface area contributed by atoms with E-state index in [1.54, 1.807) is 0 Å². The van der Waals surface area contributed by atoms with Crippen LogP contribution in [0.1, 0.15) is 99.0 Å². The molecule has 5 nitrogen and oxygen atoms in total. The van der Waals surface area contributed by atoms with Gasteiger partial charge in [-0.2, -0.15) is 0 Å². The Hall–Kier alpha value is -3.10. The summed E-state index contributed by atoms with van der Waals surface area (Å²) in [4.78, 5) is 25.1. The van der Waals surface area contributed by atoms with Crippen molar-refractivity contribution in [2.75, 3.05) is 13.6 Å². The molecule has 2 aromatic rings. The second-order valence-electron chi connectivity index (χ2n) is 11.1. The highest BCUT2D eigenvalue weighted by atomic mass is 16.4. The number of hydrogen-bond acceptors (Lipinski definition) is 3. The molecule has 37 heavy (non-hydrogen) atoms. The number of benzene rings is 2. The van der Waals surface area contributed by atoms with Crippen LogP contribution in [0.25, 0.3) is 0 Å². The Morgan fingerprint density at radius 2 is 1.43 bits per heavy atom. The quantitative estimate of drug-likeness (QED) is 0.425. The van der Waals surface area contributed by atoms with Gasteiger partial charge >= 0.3 is 5.97 Å². The summed E-state index contributed by atoms with van der Waals surface area (Å²) in [6.45, 7) is 15.9. The van der Waals surface area contributed by atoms with Gasteiger partial charge in [0.2, 0.25) is 0 Å². The molecule has 2 rings (SSSR count). The minimum atomic E-state index is -1.07. The predicted molar refractivity (Wildman–Crippen MR) is 150 cm³/mol. The van der Waals surface area contributed by atoms with Crippen LogP contribution in [-0.4, -0.2) is 46.2 Å². The fourth-order valence-electron chi connectivity index (χ4n) is 4.99. The molecule has 0 heterocycles. The lowest BCUT2D eigenvalue weighted by Gasteiger charge is -2.35. The van der Waals surface area contributed by atoms with Crippen LogP contribution < -0.4 is 0 Å². The number of aliphatic carboxylic acids is 1. The highest BCUT2D eigenvalue weighted by molar-refractivity contribution is 5.97. The van der Waals surface area contributed by atoms with Crippen LogP contribution in [0, 0.1) is 31.1 Å². The third-order valence-electron chi connectivity index (χ3n) is 7.87. The summed E-state index contributed by atoms with van der Waals surface area (Å²) >= 11 is 0. The van der Waals surface area contributed by atoms with Crippen molar-refractivity contribution in [2.45, 2.75) is 85.7 Å². The van der Waals surface area contributed by atoms with Gasteiger partial charge in [0.1, 0.15) is 12.1 Å². The summed E-state index contributed by atoms with van der Waals surface area (Å²) in [5, 5.41) is 20.1. The fourth-order valence-corrected chi connectivity index (χ4v) is 4.99. The maximum Gasteiger partial charge on any atom is 0.323 e. The summed E-state index contributed by atoms with van der Waals surface area (Å²) in [5.41, 5.74) is 3.94. The van der Waals surface area contributed by atoms with E-state index in [1.807, 2.05) is 52.8 Å². The minimum Gasteiger partial charge on any atom is -0.480 e. The Morgan fingerprint density at radius 1 is 0.892 bits per heavy atom. The molecule has 0 bridgehead atoms. The van der Waals surface area contributed by atoms with Gasteiger partial charge in [-0.05, 0) is 67.5 Å². The molecule has 0 spiro atoms. The van der Waals surface area contributed by atoms with Crippen molar-refractivity contribution in [3.8, 4) is 11.8 Å². The molecule has 0 fully saturated rings. The van der Waals surface area contributed by atoms with Gasteiger partial charge in [0, 0.05) is 29.0 Å². The summed E-state index contributed by atoms with van der Waals surface area (Å²) in [7, 11) is 1.50. The summed E-state index contributed by atoms with van der Waals surface area (Å²) in [6, 6.07) is 12.2. The first-order chi connectivity index (χ1) is 17.2. The van der Waals surface area contributed by atoms with E-state index in [0.717, 1.165) is 35.1 Å². The van der Waals surface area contributed by atoms with E-state index >= 15 is 0 Å². The average molecular weight is 506 g/mol. The number of carboxylic acids is 1. The van der Waals surface area contributed by atoms with Gasteiger partial charge in [0.25, 0.3) is 5.91 Å². The van der Waals surface area contributed by atoms with E-state index < -0.39 is 11.6 Å². The molecule has 2 N–H and O–H groups in total. The van der Waals surface area contributed by atoms with Gasteiger partial charge in [0.15, 0.2) is 0 Å². The second kappa shape index (κ2) is 11.5. The molecule has 1 amide bonds. The number of carbonyl (C=O) groups is 2. The third kappa shape index (κ3) is 6.25. The van der Waals surface area contributed by atoms with Crippen molar-refractivity contribution >= 4 is 11.9 Å². The van der Waals surface area contributed by atoms with E-state index in [-0.39, 0.29) is 23.3 Å². The lowest BCUT2D eigenvalue weighted by molar-refractivity contribution is -0.137. The highest BCUT2D eigenvalue weighted by Crippen LogP contribution is 2.40. The van der Waals surface area contributed by atoms with Crippen molar-refractivity contribution in [1.82, 2.24) is 4.90 Å². The van der Waals surface area contributed by atoms with Crippen molar-refractivity contribution in [2.24, 2.45) is 5.41 Å². The highest BCUT2D eigenvalue weighted by Gasteiger charge is 2.37. The number of rotatable bonds is 8. The largest absolute Gasteiger partial charge is 0.480 e. The molecule has 0 saturated heterocycles. The SMILES string of the molecule is CCC(CC)(c1ccc(C#CC(O)(CC)C(C)(C)C)c(C)c1)c1ccc(C(=O)N(C)CC(=O)O)c(C)c1. The van der Waals surface area contributed by atoms with E-state index in [0.29, 0.717) is 12.0 Å². The normalized spacial score (nSPS) is 13.4. The maximum absolute atomic E-state index is 12.8. The number of carboxylic acid groups (broad SMARTS) is 1. The van der Waals surface area contributed by atoms with Crippen molar-refractivity contribution in [3.63, 3.8) is 0 Å². The van der Waals surface area contributed by atoms with Crippen molar-refractivity contribution < 1.29 is 19.8 Å². The van der Waals surface area contributed by atoms with Crippen LogP contribution in [-0.2, 0) is 10.2 Å². The standard InChI is InChI=1S/C32H43NO4/c1-10-31(11-2,26-15-16-27(23(5)20-26)29(36)33(9)21-28(34)35)25-14-13-24(22(4)19-25)17-18-32(37,12-3)30(6,7)8/h13-16,19-20,37H,10-12,21H2,1-9H3,(H,34,35). The Morgan fingerprint density at radius 3 is 1.86 bits per heavy atom. The zero-order chi connectivity index (χ0) is 28.2. The molecule has 0 aromatic heterocycles. The van der Waals surface area contributed by atoms with Gasteiger partial charge in [-0.3, -0.25) is 9.59 Å². The summed E-state index contributed by atoms with van der Waals surface area (Å²) in [6.07, 6.45) is 2.30. The molecule has 2 aromatic carbocycles. The van der Waals surface area contributed by atoms with Gasteiger partial charge in [-0.25, -0.2) is 0 Å². The van der Waals surface area contributed by atoms with Crippen LogP contribution in [0.2, 0.25) is 0 Å². The zero-order valence-electron chi connectivity index (χ0n) is 24.0. The van der Waals surface area contributed by atoms with Crippen LogP contribution >= 0.6 is 0 Å². The fraction of sp³-hybridized carbons (Fsp3) is 0.500. The van der Waals surface area contributed by atoms with E-state index in [1.165, 1.54) is 17.5 Å². The van der Waals surface area contributed by atoms with Crippen LogP contribution in [0.5, 0.6) is 0 Å². The minimum absolute atomic E-state index is 0.244. The number of aryl methyl sites for hydroxylation is 2. The number of hydrogen-bond donors (Lipinski definition) is 2. The maximum atomic E-state index is 12.8. The first-order valence-electron chi connectivity index (χ1n) is 13.1. The number of nitrogens with zero attached hydrogens (tertiary/aromatic N) is 1. The Labute approximate surface area is 222 Å². The smallest absolute Gasteiger partial charge is 0.323 e. The first-order valence-corrected chi connectivity index (χ1v) is 13.1. The molecule has 1 unspecified atom stereocenters. The first kappa shape index (κ1) is 30.1. The van der Waals surface area contributed by atoms with Crippen molar-refractivity contribution in [3.05, 3.63) is 69.8 Å². The van der Waals surface area contributed by atoms with Crippen molar-refractivity contribution in [1.29, 1.82) is 0 Å². The second-order valence-corrected chi connectivity index (χ2v) is 11.1. The van der Waals surface area contributed by atoms with Gasteiger partial charge in [-0.15, -0.1) is 0 Å². The summed E-state index contributed by atoms with van der Waals surface area (Å²) in [5.74, 6) is 5.03. The molecule has 0 radical (unpaired) electrons.